The van der Waals surface area contributed by atoms with E-state index in [1.54, 1.807) is 25.1 Å². The maximum Gasteiger partial charge on any atom is 0.379 e. The highest BCUT2D eigenvalue weighted by molar-refractivity contribution is 5.85. The number of carbonyl (C=O) groups is 1. The molecule has 19 heavy (non-hydrogen) atoms. The molecule has 1 aromatic carbocycles. The molecule has 0 aliphatic carbocycles. The Balaban J connectivity index is 2.33. The summed E-state index contributed by atoms with van der Waals surface area (Å²) in [6.07, 6.45) is 0. The summed E-state index contributed by atoms with van der Waals surface area (Å²) < 4.78 is 9.80. The van der Waals surface area contributed by atoms with Crippen LogP contribution in [0.25, 0.3) is 11.5 Å². The van der Waals surface area contributed by atoms with Gasteiger partial charge in [-0.3, -0.25) is 0 Å². The normalized spacial score (nSPS) is 9.95. The van der Waals surface area contributed by atoms with Crippen LogP contribution in [-0.2, 0) is 4.74 Å². The van der Waals surface area contributed by atoms with E-state index in [0.717, 1.165) is 5.56 Å². The third-order valence-electron chi connectivity index (χ3n) is 2.47. The van der Waals surface area contributed by atoms with Gasteiger partial charge in [0.15, 0.2) is 0 Å². The second-order valence-electron chi connectivity index (χ2n) is 3.79. The Labute approximate surface area is 109 Å². The minimum absolute atomic E-state index is 0.111. The van der Waals surface area contributed by atoms with Crippen LogP contribution in [0, 0.1) is 18.3 Å². The fraction of sp³-hybridized carbons (Fsp3) is 0.231. The molecule has 1 heterocycles. The van der Waals surface area contributed by atoms with E-state index in [1.165, 1.54) is 0 Å². The molecule has 2 aromatic rings. The van der Waals surface area contributed by atoms with E-state index in [2.05, 4.69) is 10.1 Å². The monoisotopic (exact) mass is 257 g/mol. The molecule has 0 saturated carbocycles. The van der Waals surface area contributed by atoms with E-state index in [9.17, 15) is 4.79 Å². The summed E-state index contributed by atoms with van der Waals surface area (Å²) in [7, 11) is 0. The van der Waals surface area contributed by atoms with Gasteiger partial charge < -0.3 is 9.26 Å². The van der Waals surface area contributed by atoms with Gasteiger partial charge in [-0.1, -0.05) is 0 Å². The number of aryl methyl sites for hydroxylation is 1. The standard InChI is InChI=1S/C13H11N3O3/c1-3-18-13(17)11-15-12(19-16-11)10-5-4-9(7-14)6-8(10)2/h4-6H,3H2,1-2H3. The summed E-state index contributed by atoms with van der Waals surface area (Å²) in [4.78, 5) is 15.4. The predicted molar refractivity (Wildman–Crippen MR) is 65.1 cm³/mol. The molecular formula is C13H11N3O3. The van der Waals surface area contributed by atoms with E-state index in [4.69, 9.17) is 14.5 Å². The molecule has 1 aromatic heterocycles. The molecule has 0 N–H and O–H groups in total. The van der Waals surface area contributed by atoms with Crippen molar-refractivity contribution in [3.05, 3.63) is 35.2 Å². The maximum absolute atomic E-state index is 11.4. The number of nitriles is 1. The van der Waals surface area contributed by atoms with Gasteiger partial charge in [0.2, 0.25) is 0 Å². The number of carbonyl (C=O) groups excluding carboxylic acids is 1. The van der Waals surface area contributed by atoms with Gasteiger partial charge >= 0.3 is 5.97 Å². The number of benzene rings is 1. The highest BCUT2D eigenvalue weighted by atomic mass is 16.5. The van der Waals surface area contributed by atoms with Crippen molar-refractivity contribution in [2.75, 3.05) is 6.61 Å². The number of hydrogen-bond acceptors (Lipinski definition) is 6. The predicted octanol–water partition coefficient (Wildman–Crippen LogP) is 2.09. The van der Waals surface area contributed by atoms with Crippen molar-refractivity contribution >= 4 is 5.97 Å². The molecule has 0 spiro atoms. The van der Waals surface area contributed by atoms with Gasteiger partial charge in [0, 0.05) is 5.56 Å². The largest absolute Gasteiger partial charge is 0.460 e. The average molecular weight is 257 g/mol. The quantitative estimate of drug-likeness (QED) is 0.782. The molecule has 0 radical (unpaired) electrons. The first-order valence-corrected chi connectivity index (χ1v) is 5.67. The topological polar surface area (TPSA) is 89.0 Å². The molecule has 0 saturated heterocycles. The lowest BCUT2D eigenvalue weighted by Crippen LogP contribution is -2.06. The van der Waals surface area contributed by atoms with Crippen LogP contribution in [0.15, 0.2) is 22.7 Å². The van der Waals surface area contributed by atoms with Crippen LogP contribution in [0.4, 0.5) is 0 Å². The number of rotatable bonds is 3. The first-order valence-electron chi connectivity index (χ1n) is 5.67. The molecule has 0 atom stereocenters. The van der Waals surface area contributed by atoms with Crippen molar-refractivity contribution < 1.29 is 14.1 Å². The van der Waals surface area contributed by atoms with E-state index >= 15 is 0 Å². The van der Waals surface area contributed by atoms with Crippen LogP contribution in [0.3, 0.4) is 0 Å². The first-order chi connectivity index (χ1) is 9.15. The molecule has 0 aliphatic rings. The third-order valence-corrected chi connectivity index (χ3v) is 2.47. The van der Waals surface area contributed by atoms with Crippen molar-refractivity contribution in [3.8, 4) is 17.5 Å². The number of aromatic nitrogens is 2. The fourth-order valence-electron chi connectivity index (χ4n) is 1.58. The molecule has 96 valence electrons. The summed E-state index contributed by atoms with van der Waals surface area (Å²) in [5, 5.41) is 12.4. The van der Waals surface area contributed by atoms with E-state index in [0.29, 0.717) is 11.1 Å². The van der Waals surface area contributed by atoms with Crippen LogP contribution < -0.4 is 0 Å². The van der Waals surface area contributed by atoms with Gasteiger partial charge in [-0.05, 0) is 42.8 Å². The average Bonchev–Trinajstić information content (AvgIpc) is 2.88. The lowest BCUT2D eigenvalue weighted by atomic mass is 10.1. The van der Waals surface area contributed by atoms with E-state index in [1.807, 2.05) is 13.0 Å². The Kier molecular flexibility index (Phi) is 3.57. The molecule has 0 unspecified atom stereocenters. The molecule has 0 aliphatic heterocycles. The van der Waals surface area contributed by atoms with Crippen molar-refractivity contribution in [2.24, 2.45) is 0 Å². The van der Waals surface area contributed by atoms with Crippen molar-refractivity contribution in [2.45, 2.75) is 13.8 Å². The molecule has 0 bridgehead atoms. The summed E-state index contributed by atoms with van der Waals surface area (Å²) in [6, 6.07) is 7.11. The molecule has 0 fully saturated rings. The Morgan fingerprint density at radius 1 is 1.53 bits per heavy atom. The molecule has 6 nitrogen and oxygen atoms in total. The Hall–Kier alpha value is -2.68. The number of esters is 1. The summed E-state index contributed by atoms with van der Waals surface area (Å²) >= 11 is 0. The second-order valence-corrected chi connectivity index (χ2v) is 3.79. The zero-order valence-corrected chi connectivity index (χ0v) is 10.5. The molecular weight excluding hydrogens is 246 g/mol. The van der Waals surface area contributed by atoms with Crippen molar-refractivity contribution in [1.82, 2.24) is 10.1 Å². The van der Waals surface area contributed by atoms with Gasteiger partial charge in [0.1, 0.15) is 0 Å². The zero-order valence-electron chi connectivity index (χ0n) is 10.5. The number of ether oxygens (including phenoxy) is 1. The minimum atomic E-state index is -0.621. The van der Waals surface area contributed by atoms with Crippen molar-refractivity contribution in [3.63, 3.8) is 0 Å². The van der Waals surface area contributed by atoms with Gasteiger partial charge in [-0.15, -0.1) is 0 Å². The van der Waals surface area contributed by atoms with Crippen molar-refractivity contribution in [1.29, 1.82) is 5.26 Å². The Morgan fingerprint density at radius 2 is 2.32 bits per heavy atom. The minimum Gasteiger partial charge on any atom is -0.460 e. The lowest BCUT2D eigenvalue weighted by Gasteiger charge is -2.00. The van der Waals surface area contributed by atoms with Crippen LogP contribution in [0.1, 0.15) is 28.7 Å². The van der Waals surface area contributed by atoms with Crippen LogP contribution in [0.2, 0.25) is 0 Å². The molecule has 6 heteroatoms. The van der Waals surface area contributed by atoms with Gasteiger partial charge in [-0.2, -0.15) is 10.2 Å². The molecule has 2 rings (SSSR count). The number of nitrogens with zero attached hydrogens (tertiary/aromatic N) is 3. The first kappa shape index (κ1) is 12.8. The van der Waals surface area contributed by atoms with Crippen LogP contribution in [-0.4, -0.2) is 22.7 Å². The van der Waals surface area contributed by atoms with Gasteiger partial charge in [-0.25, -0.2) is 4.79 Å². The van der Waals surface area contributed by atoms with E-state index in [-0.39, 0.29) is 18.3 Å². The second kappa shape index (κ2) is 5.31. The fourth-order valence-corrected chi connectivity index (χ4v) is 1.58. The highest BCUT2D eigenvalue weighted by Crippen LogP contribution is 2.22. The van der Waals surface area contributed by atoms with Crippen LogP contribution >= 0.6 is 0 Å². The summed E-state index contributed by atoms with van der Waals surface area (Å²) in [5.41, 5.74) is 2.05. The van der Waals surface area contributed by atoms with Gasteiger partial charge in [0.25, 0.3) is 11.7 Å². The molecule has 0 amide bonds. The number of hydrogen-bond donors (Lipinski definition) is 0. The Bertz CT molecular complexity index is 655. The van der Waals surface area contributed by atoms with E-state index < -0.39 is 5.97 Å². The zero-order chi connectivity index (χ0) is 13.8. The summed E-state index contributed by atoms with van der Waals surface area (Å²) in [5.74, 6) is -0.505. The van der Waals surface area contributed by atoms with Crippen LogP contribution in [0.5, 0.6) is 0 Å². The lowest BCUT2D eigenvalue weighted by molar-refractivity contribution is 0.0508. The Morgan fingerprint density at radius 3 is 2.95 bits per heavy atom. The SMILES string of the molecule is CCOC(=O)c1noc(-c2ccc(C#N)cc2C)n1. The summed E-state index contributed by atoms with van der Waals surface area (Å²) in [6.45, 7) is 3.77. The smallest absolute Gasteiger partial charge is 0.379 e. The van der Waals surface area contributed by atoms with Gasteiger partial charge in [0.05, 0.1) is 18.2 Å². The highest BCUT2D eigenvalue weighted by Gasteiger charge is 2.17. The third kappa shape index (κ3) is 2.60. The maximum atomic E-state index is 11.4.